The quantitative estimate of drug-likeness (QED) is 0.653. The van der Waals surface area contributed by atoms with Crippen LogP contribution in [0.4, 0.5) is 0 Å². The maximum Gasteiger partial charge on any atom is 0.328 e. The second kappa shape index (κ2) is 4.96. The van der Waals surface area contributed by atoms with Crippen molar-refractivity contribution in [3.8, 4) is 0 Å². The number of rotatable bonds is 2. The van der Waals surface area contributed by atoms with E-state index in [4.69, 9.17) is 16.7 Å². The van der Waals surface area contributed by atoms with Gasteiger partial charge in [0, 0.05) is 15.0 Å². The molecule has 1 N–H and O–H groups in total. The van der Waals surface area contributed by atoms with Gasteiger partial charge in [0.2, 0.25) is 0 Å². The van der Waals surface area contributed by atoms with Gasteiger partial charge in [-0.1, -0.05) is 11.6 Å². The number of carboxylic acid groups (broad SMARTS) is 1. The molecule has 0 saturated carbocycles. The number of hydrogen-bond donors (Lipinski definition) is 1. The van der Waals surface area contributed by atoms with Gasteiger partial charge in [-0.15, -0.1) is 0 Å². The molecule has 0 amide bonds. The van der Waals surface area contributed by atoms with E-state index < -0.39 is 5.97 Å². The Morgan fingerprint density at radius 1 is 1.36 bits per heavy atom. The topological polar surface area (TPSA) is 37.3 Å². The van der Waals surface area contributed by atoms with E-state index >= 15 is 0 Å². The molecule has 0 aliphatic carbocycles. The lowest BCUT2D eigenvalue weighted by molar-refractivity contribution is -0.131. The van der Waals surface area contributed by atoms with Crippen molar-refractivity contribution in [3.05, 3.63) is 37.7 Å². The molecule has 0 heterocycles. The molecule has 0 radical (unpaired) electrons. The number of hydrogen-bond acceptors (Lipinski definition) is 1. The van der Waals surface area contributed by atoms with Crippen LogP contribution in [0.25, 0.3) is 6.08 Å². The number of carboxylic acids is 1. The lowest BCUT2D eigenvalue weighted by atomic mass is 10.2. The van der Waals surface area contributed by atoms with Gasteiger partial charge in [-0.2, -0.15) is 0 Å². The third-order valence-electron chi connectivity index (χ3n) is 1.42. The van der Waals surface area contributed by atoms with E-state index in [2.05, 4.69) is 31.9 Å². The van der Waals surface area contributed by atoms with Crippen LogP contribution in [0.5, 0.6) is 0 Å². The van der Waals surface area contributed by atoms with Crippen LogP contribution in [-0.4, -0.2) is 11.1 Å². The largest absolute Gasteiger partial charge is 0.478 e. The molecule has 1 aromatic rings. The van der Waals surface area contributed by atoms with E-state index in [9.17, 15) is 4.79 Å². The van der Waals surface area contributed by atoms with Crippen LogP contribution < -0.4 is 0 Å². The molecule has 5 heteroatoms. The van der Waals surface area contributed by atoms with Crippen LogP contribution in [0, 0.1) is 0 Å². The zero-order valence-electron chi connectivity index (χ0n) is 6.80. The average molecular weight is 340 g/mol. The third-order valence-corrected chi connectivity index (χ3v) is 3.54. The standard InChI is InChI=1S/C9H5Br2ClO2/c10-6-3-5(1-2-8(13)14)4-7(11)9(6)12/h1-4H,(H,13,14)/b2-1+. The summed E-state index contributed by atoms with van der Waals surface area (Å²) in [5.74, 6) is -0.979. The second-order valence-corrected chi connectivity index (χ2v) is 4.56. The molecule has 14 heavy (non-hydrogen) atoms. The van der Waals surface area contributed by atoms with E-state index in [1.807, 2.05) is 0 Å². The highest BCUT2D eigenvalue weighted by Crippen LogP contribution is 2.32. The summed E-state index contributed by atoms with van der Waals surface area (Å²) in [7, 11) is 0. The summed E-state index contributed by atoms with van der Waals surface area (Å²) in [6.45, 7) is 0. The highest BCUT2D eigenvalue weighted by molar-refractivity contribution is 9.11. The predicted molar refractivity (Wildman–Crippen MR) is 63.5 cm³/mol. The fourth-order valence-electron chi connectivity index (χ4n) is 0.839. The Hall–Kier alpha value is -0.320. The number of carbonyl (C=O) groups is 1. The first-order valence-electron chi connectivity index (χ1n) is 3.56. The van der Waals surface area contributed by atoms with Gasteiger partial charge in [-0.25, -0.2) is 4.79 Å². The van der Waals surface area contributed by atoms with Crippen LogP contribution in [0.1, 0.15) is 5.56 Å². The van der Waals surface area contributed by atoms with Gasteiger partial charge in [0.25, 0.3) is 0 Å². The Balaban J connectivity index is 3.07. The van der Waals surface area contributed by atoms with Gasteiger partial charge in [0.05, 0.1) is 5.02 Å². The lowest BCUT2D eigenvalue weighted by Gasteiger charge is -2.01. The minimum absolute atomic E-state index is 0.567. The van der Waals surface area contributed by atoms with Crippen molar-refractivity contribution in [1.82, 2.24) is 0 Å². The van der Waals surface area contributed by atoms with E-state index in [0.717, 1.165) is 20.6 Å². The summed E-state index contributed by atoms with van der Waals surface area (Å²) in [4.78, 5) is 10.3. The van der Waals surface area contributed by atoms with Crippen LogP contribution in [0.3, 0.4) is 0 Å². The normalized spacial score (nSPS) is 10.8. The van der Waals surface area contributed by atoms with Crippen molar-refractivity contribution in [2.45, 2.75) is 0 Å². The molecule has 0 aliphatic heterocycles. The highest BCUT2D eigenvalue weighted by atomic mass is 79.9. The van der Waals surface area contributed by atoms with Crippen molar-refractivity contribution < 1.29 is 9.90 Å². The van der Waals surface area contributed by atoms with E-state index in [1.165, 1.54) is 6.08 Å². The van der Waals surface area contributed by atoms with Gasteiger partial charge in [0.1, 0.15) is 0 Å². The summed E-state index contributed by atoms with van der Waals surface area (Å²) in [6, 6.07) is 3.49. The van der Waals surface area contributed by atoms with Crippen molar-refractivity contribution in [3.63, 3.8) is 0 Å². The molecule has 1 aromatic carbocycles. The van der Waals surface area contributed by atoms with Gasteiger partial charge in [-0.05, 0) is 55.6 Å². The van der Waals surface area contributed by atoms with E-state index in [0.29, 0.717) is 5.02 Å². The first-order chi connectivity index (χ1) is 6.50. The maximum atomic E-state index is 10.3. The summed E-state index contributed by atoms with van der Waals surface area (Å²) in [5, 5.41) is 9.00. The van der Waals surface area contributed by atoms with Gasteiger partial charge < -0.3 is 5.11 Å². The first-order valence-corrected chi connectivity index (χ1v) is 5.52. The predicted octanol–water partition coefficient (Wildman–Crippen LogP) is 3.96. The number of benzene rings is 1. The van der Waals surface area contributed by atoms with Crippen LogP contribution in [0.15, 0.2) is 27.2 Å². The second-order valence-electron chi connectivity index (χ2n) is 2.47. The van der Waals surface area contributed by atoms with Crippen LogP contribution >= 0.6 is 43.5 Å². The Labute approximate surface area is 103 Å². The molecule has 0 aliphatic rings. The van der Waals surface area contributed by atoms with Crippen molar-refractivity contribution >= 4 is 55.5 Å². The van der Waals surface area contributed by atoms with Crippen molar-refractivity contribution in [2.24, 2.45) is 0 Å². The molecular formula is C9H5Br2ClO2. The summed E-state index contributed by atoms with van der Waals surface area (Å²) >= 11 is 12.4. The summed E-state index contributed by atoms with van der Waals surface area (Å²) < 4.78 is 1.44. The molecule has 0 atom stereocenters. The Morgan fingerprint density at radius 3 is 2.29 bits per heavy atom. The monoisotopic (exact) mass is 338 g/mol. The SMILES string of the molecule is O=C(O)/C=C/c1cc(Br)c(Cl)c(Br)c1. The van der Waals surface area contributed by atoms with Gasteiger partial charge in [-0.3, -0.25) is 0 Å². The molecule has 1 rings (SSSR count). The van der Waals surface area contributed by atoms with Gasteiger partial charge in [0.15, 0.2) is 0 Å². The fraction of sp³-hybridized carbons (Fsp3) is 0. The minimum atomic E-state index is -0.979. The smallest absolute Gasteiger partial charge is 0.328 e. The fourth-order valence-corrected chi connectivity index (χ4v) is 2.17. The Kier molecular flexibility index (Phi) is 4.16. The summed E-state index contributed by atoms with van der Waals surface area (Å²) in [5.41, 5.74) is 0.760. The number of halogens is 3. The number of aliphatic carboxylic acids is 1. The molecule has 0 fully saturated rings. The minimum Gasteiger partial charge on any atom is -0.478 e. The van der Waals surface area contributed by atoms with E-state index in [1.54, 1.807) is 12.1 Å². The van der Waals surface area contributed by atoms with Gasteiger partial charge >= 0.3 is 5.97 Å². The Bertz CT molecular complexity index is 379. The summed E-state index contributed by atoms with van der Waals surface area (Å²) in [6.07, 6.45) is 2.57. The molecule has 0 unspecified atom stereocenters. The molecule has 74 valence electrons. The zero-order chi connectivity index (χ0) is 10.7. The third kappa shape index (κ3) is 3.12. The molecule has 0 spiro atoms. The van der Waals surface area contributed by atoms with Crippen molar-refractivity contribution in [1.29, 1.82) is 0 Å². The molecule has 0 aromatic heterocycles. The Morgan fingerprint density at radius 2 is 1.86 bits per heavy atom. The first kappa shape index (κ1) is 11.8. The molecule has 0 saturated heterocycles. The lowest BCUT2D eigenvalue weighted by Crippen LogP contribution is -1.86. The van der Waals surface area contributed by atoms with E-state index in [-0.39, 0.29) is 0 Å². The molecular weight excluding hydrogens is 335 g/mol. The molecule has 2 nitrogen and oxygen atoms in total. The van der Waals surface area contributed by atoms with Crippen molar-refractivity contribution in [2.75, 3.05) is 0 Å². The highest BCUT2D eigenvalue weighted by Gasteiger charge is 2.03. The molecule has 0 bridgehead atoms. The zero-order valence-corrected chi connectivity index (χ0v) is 10.7. The maximum absolute atomic E-state index is 10.3. The average Bonchev–Trinajstić information content (AvgIpc) is 2.10. The van der Waals surface area contributed by atoms with Crippen LogP contribution in [0.2, 0.25) is 5.02 Å². The van der Waals surface area contributed by atoms with Crippen LogP contribution in [-0.2, 0) is 4.79 Å².